The van der Waals surface area contributed by atoms with Crippen LogP contribution in [-0.2, 0) is 15.0 Å². The van der Waals surface area contributed by atoms with Crippen molar-refractivity contribution in [2.24, 2.45) is 0 Å². The van der Waals surface area contributed by atoms with Crippen LogP contribution in [0.3, 0.4) is 0 Å². The number of thioether (sulfide) groups is 1. The minimum Gasteiger partial charge on any atom is -0.377 e. The van der Waals surface area contributed by atoms with Gasteiger partial charge < -0.3 is 9.80 Å². The molecule has 2 aliphatic rings. The Balaban J connectivity index is 1.90. The quantitative estimate of drug-likeness (QED) is 0.578. The average molecular weight is 478 g/mol. The zero-order valence-electron chi connectivity index (χ0n) is 20.6. The highest BCUT2D eigenvalue weighted by Crippen LogP contribution is 2.45. The summed E-state index contributed by atoms with van der Waals surface area (Å²) in [6.07, 6.45) is 3.14. The van der Waals surface area contributed by atoms with Crippen molar-refractivity contribution in [3.05, 3.63) is 51.9 Å². The summed E-state index contributed by atoms with van der Waals surface area (Å²) in [7, 11) is 4.00. The number of amides is 3. The number of hydrogen-bond donors (Lipinski definition) is 1. The van der Waals surface area contributed by atoms with Crippen LogP contribution in [0.4, 0.5) is 16.2 Å². The molecular formula is C27H31N3O3S. The van der Waals surface area contributed by atoms with E-state index in [2.05, 4.69) is 50.0 Å². The van der Waals surface area contributed by atoms with Gasteiger partial charge in [-0.25, -0.2) is 0 Å². The summed E-state index contributed by atoms with van der Waals surface area (Å²) in [4.78, 5) is 41.0. The topological polar surface area (TPSA) is 69.7 Å². The molecule has 1 N–H and O–H groups in total. The fraction of sp³-hybridized carbons (Fsp3) is 0.370. The van der Waals surface area contributed by atoms with Crippen LogP contribution in [0.5, 0.6) is 0 Å². The van der Waals surface area contributed by atoms with Gasteiger partial charge in [-0.15, -0.1) is 0 Å². The predicted octanol–water partition coefficient (Wildman–Crippen LogP) is 5.48. The molecule has 1 saturated heterocycles. The van der Waals surface area contributed by atoms with E-state index in [9.17, 15) is 14.4 Å². The van der Waals surface area contributed by atoms with Crippen molar-refractivity contribution in [1.82, 2.24) is 5.32 Å². The zero-order valence-corrected chi connectivity index (χ0v) is 21.4. The second-order valence-corrected chi connectivity index (χ2v) is 10.8. The Morgan fingerprint density at radius 1 is 1.12 bits per heavy atom. The van der Waals surface area contributed by atoms with Gasteiger partial charge in [-0.05, 0) is 71.6 Å². The molecule has 34 heavy (non-hydrogen) atoms. The molecule has 2 aromatic carbocycles. The lowest BCUT2D eigenvalue weighted by molar-refractivity contribution is -0.120. The molecule has 2 aliphatic heterocycles. The first-order chi connectivity index (χ1) is 16.0. The Labute approximate surface area is 205 Å². The van der Waals surface area contributed by atoms with Gasteiger partial charge in [0, 0.05) is 49.4 Å². The van der Waals surface area contributed by atoms with Crippen LogP contribution < -0.4 is 15.1 Å². The number of nitrogens with zero attached hydrogens (tertiary/aromatic N) is 2. The predicted molar refractivity (Wildman–Crippen MR) is 140 cm³/mol. The van der Waals surface area contributed by atoms with Crippen molar-refractivity contribution in [3.63, 3.8) is 0 Å². The Bertz CT molecular complexity index is 1230. The first-order valence-electron chi connectivity index (χ1n) is 11.5. The first kappa shape index (κ1) is 24.1. The van der Waals surface area contributed by atoms with Crippen LogP contribution in [0, 0.1) is 6.92 Å². The third-order valence-electron chi connectivity index (χ3n) is 6.44. The van der Waals surface area contributed by atoms with E-state index in [1.54, 1.807) is 6.08 Å². The summed E-state index contributed by atoms with van der Waals surface area (Å²) < 4.78 is 0. The summed E-state index contributed by atoms with van der Waals surface area (Å²) >= 11 is 0.915. The molecule has 0 aromatic heterocycles. The number of carbonyl (C=O) groups excluding carboxylic acids is 3. The highest BCUT2D eigenvalue weighted by molar-refractivity contribution is 8.18. The molecule has 178 valence electrons. The van der Waals surface area contributed by atoms with E-state index in [1.807, 2.05) is 37.2 Å². The van der Waals surface area contributed by atoms with E-state index in [0.717, 1.165) is 51.8 Å². The van der Waals surface area contributed by atoms with E-state index >= 15 is 0 Å². The molecule has 2 heterocycles. The Kier molecular flexibility index (Phi) is 6.34. The van der Waals surface area contributed by atoms with Crippen molar-refractivity contribution in [3.8, 4) is 11.1 Å². The van der Waals surface area contributed by atoms with Crippen LogP contribution in [0.15, 0.2) is 35.2 Å². The van der Waals surface area contributed by atoms with Gasteiger partial charge in [-0.1, -0.05) is 32.9 Å². The number of rotatable bonds is 5. The van der Waals surface area contributed by atoms with Crippen LogP contribution in [0.1, 0.15) is 50.3 Å². The van der Waals surface area contributed by atoms with Gasteiger partial charge in [0.25, 0.3) is 11.1 Å². The molecule has 0 atom stereocenters. The van der Waals surface area contributed by atoms with Crippen molar-refractivity contribution in [1.29, 1.82) is 0 Å². The maximum atomic E-state index is 13.0. The van der Waals surface area contributed by atoms with E-state index < -0.39 is 0 Å². The third-order valence-corrected chi connectivity index (χ3v) is 7.25. The lowest BCUT2D eigenvalue weighted by atomic mass is 9.75. The minimum absolute atomic E-state index is 0.161. The molecule has 4 rings (SSSR count). The number of aryl methyl sites for hydroxylation is 1. The lowest BCUT2D eigenvalue weighted by Crippen LogP contribution is -2.42. The second kappa shape index (κ2) is 8.95. The van der Waals surface area contributed by atoms with Gasteiger partial charge in [-0.2, -0.15) is 0 Å². The maximum absolute atomic E-state index is 13.0. The zero-order chi connectivity index (χ0) is 24.8. The van der Waals surface area contributed by atoms with Crippen LogP contribution in [0.2, 0.25) is 0 Å². The second-order valence-electron chi connectivity index (χ2n) is 9.81. The normalized spacial score (nSPS) is 18.4. The van der Waals surface area contributed by atoms with E-state index in [0.29, 0.717) is 17.9 Å². The maximum Gasteiger partial charge on any atom is 0.290 e. The number of anilines is 2. The van der Waals surface area contributed by atoms with Crippen molar-refractivity contribution >= 4 is 46.3 Å². The summed E-state index contributed by atoms with van der Waals surface area (Å²) in [5.41, 5.74) is 7.03. The molecular weight excluding hydrogens is 446 g/mol. The fourth-order valence-corrected chi connectivity index (χ4v) is 5.43. The number of benzene rings is 2. The Morgan fingerprint density at radius 2 is 1.85 bits per heavy atom. The van der Waals surface area contributed by atoms with Gasteiger partial charge in [0.1, 0.15) is 0 Å². The molecule has 7 heteroatoms. The lowest BCUT2D eigenvalue weighted by Gasteiger charge is -2.39. The van der Waals surface area contributed by atoms with Gasteiger partial charge in [0.2, 0.25) is 5.91 Å². The molecule has 0 unspecified atom stereocenters. The van der Waals surface area contributed by atoms with E-state index in [4.69, 9.17) is 0 Å². The van der Waals surface area contributed by atoms with Gasteiger partial charge in [-0.3, -0.25) is 19.7 Å². The third kappa shape index (κ3) is 4.37. The van der Waals surface area contributed by atoms with Crippen LogP contribution in [0.25, 0.3) is 17.2 Å². The monoisotopic (exact) mass is 477 g/mol. The SMILES string of the molecule is CCCN1C(=O)CC(C)(C)c2cc(C)c(-c3cc(/C=C4/SC(=O)NC4=O)ccc3N(C)C)cc21. The van der Waals surface area contributed by atoms with Gasteiger partial charge in [0.05, 0.1) is 4.91 Å². The van der Waals surface area contributed by atoms with Crippen molar-refractivity contribution < 1.29 is 14.4 Å². The Morgan fingerprint density at radius 3 is 2.47 bits per heavy atom. The summed E-state index contributed by atoms with van der Waals surface area (Å²) in [6.45, 7) is 9.16. The molecule has 0 saturated carbocycles. The summed E-state index contributed by atoms with van der Waals surface area (Å²) in [5.74, 6) is -0.205. The number of fused-ring (bicyclic) bond motifs is 1. The molecule has 0 spiro atoms. The van der Waals surface area contributed by atoms with E-state index in [1.165, 1.54) is 5.56 Å². The minimum atomic E-state index is -0.367. The standard InChI is InChI=1S/C27H31N3O3S/c1-7-10-30-22-14-18(16(2)11-20(22)27(3,4)15-24(30)31)19-12-17(8-9-21(19)29(5)6)13-23-25(32)28-26(33)34-23/h8-9,11-14H,7,10,15H2,1-6H3,(H,28,32,33)/b23-13+. The van der Waals surface area contributed by atoms with Gasteiger partial charge in [0.15, 0.2) is 0 Å². The average Bonchev–Trinajstić information content (AvgIpc) is 3.07. The molecule has 1 fully saturated rings. The highest BCUT2D eigenvalue weighted by Gasteiger charge is 2.37. The summed E-state index contributed by atoms with van der Waals surface area (Å²) in [6, 6.07) is 10.4. The van der Waals surface area contributed by atoms with Crippen molar-refractivity contribution in [2.45, 2.75) is 46.0 Å². The molecule has 6 nitrogen and oxygen atoms in total. The number of nitrogens with one attached hydrogen (secondary N) is 1. The summed E-state index contributed by atoms with van der Waals surface area (Å²) in [5, 5.41) is 1.95. The fourth-order valence-electron chi connectivity index (χ4n) is 4.75. The van der Waals surface area contributed by atoms with E-state index in [-0.39, 0.29) is 22.5 Å². The van der Waals surface area contributed by atoms with Gasteiger partial charge >= 0.3 is 0 Å². The number of imide groups is 1. The van der Waals surface area contributed by atoms with Crippen molar-refractivity contribution in [2.75, 3.05) is 30.4 Å². The highest BCUT2D eigenvalue weighted by atomic mass is 32.2. The molecule has 0 radical (unpaired) electrons. The molecule has 0 bridgehead atoms. The number of hydrogen-bond acceptors (Lipinski definition) is 5. The molecule has 3 amide bonds. The Hall–Kier alpha value is -3.06. The van der Waals surface area contributed by atoms with Crippen LogP contribution in [-0.4, -0.2) is 37.7 Å². The molecule has 0 aliphatic carbocycles. The molecule has 2 aromatic rings. The van der Waals surface area contributed by atoms with Crippen LogP contribution >= 0.6 is 11.8 Å². The smallest absolute Gasteiger partial charge is 0.290 e. The first-order valence-corrected chi connectivity index (χ1v) is 12.4. The number of carbonyl (C=O) groups is 3. The largest absolute Gasteiger partial charge is 0.377 e.